The van der Waals surface area contributed by atoms with Crippen molar-refractivity contribution in [3.8, 4) is 0 Å². The predicted molar refractivity (Wildman–Crippen MR) is 70.0 cm³/mol. The first-order chi connectivity index (χ1) is 8.05. The van der Waals surface area contributed by atoms with Crippen LogP contribution in [0.2, 0.25) is 0 Å². The molecule has 2 rings (SSSR count). The Labute approximate surface area is 107 Å². The molecule has 1 fully saturated rings. The smallest absolute Gasteiger partial charge is 0.0948 e. The van der Waals surface area contributed by atoms with Crippen molar-refractivity contribution >= 4 is 11.3 Å². The number of nitrogens with zero attached hydrogens (tertiary/aromatic N) is 1. The van der Waals surface area contributed by atoms with E-state index < -0.39 is 0 Å². The van der Waals surface area contributed by atoms with Crippen molar-refractivity contribution in [3.05, 3.63) is 15.6 Å². The summed E-state index contributed by atoms with van der Waals surface area (Å²) in [6.07, 6.45) is 3.02. The number of hydrogen-bond acceptors (Lipinski definition) is 5. The molecule has 0 aliphatic carbocycles. The molecule has 0 radical (unpaired) electrons. The van der Waals surface area contributed by atoms with Crippen molar-refractivity contribution in [3.63, 3.8) is 0 Å². The summed E-state index contributed by atoms with van der Waals surface area (Å²) >= 11 is 1.75. The fourth-order valence-electron chi connectivity index (χ4n) is 2.33. The van der Waals surface area contributed by atoms with Gasteiger partial charge in [0.15, 0.2) is 0 Å². The lowest BCUT2D eigenvalue weighted by Crippen LogP contribution is -2.52. The van der Waals surface area contributed by atoms with Crippen LogP contribution in [-0.2, 0) is 11.2 Å². The van der Waals surface area contributed by atoms with Crippen molar-refractivity contribution in [2.75, 3.05) is 6.61 Å². The quantitative estimate of drug-likeness (QED) is 0.635. The number of thiazole rings is 1. The number of ether oxygens (including phenoxy) is 1. The van der Waals surface area contributed by atoms with Gasteiger partial charge in [-0.3, -0.25) is 11.3 Å². The molecule has 0 spiro atoms. The van der Waals surface area contributed by atoms with Gasteiger partial charge in [0.25, 0.3) is 0 Å². The molecule has 1 saturated heterocycles. The maximum absolute atomic E-state index is 5.84. The van der Waals surface area contributed by atoms with E-state index in [9.17, 15) is 0 Å². The lowest BCUT2D eigenvalue weighted by molar-refractivity contribution is -0.0115. The van der Waals surface area contributed by atoms with E-state index in [0.29, 0.717) is 0 Å². The number of hydrogen-bond donors (Lipinski definition) is 2. The Balaban J connectivity index is 2.09. The zero-order valence-electron chi connectivity index (χ0n) is 10.7. The molecule has 2 unspecified atom stereocenters. The van der Waals surface area contributed by atoms with Crippen molar-refractivity contribution in [2.45, 2.75) is 51.7 Å². The van der Waals surface area contributed by atoms with Crippen LogP contribution in [-0.4, -0.2) is 23.2 Å². The summed E-state index contributed by atoms with van der Waals surface area (Å²) in [6.45, 7) is 7.13. The Morgan fingerprint density at radius 1 is 1.59 bits per heavy atom. The molecule has 4 nitrogen and oxygen atoms in total. The standard InChI is InChI=1S/C12H21N3OS/c1-8-9(2)17-11(14-8)7-10(15-13)12(3)5-4-6-16-12/h10,15H,4-7,13H2,1-3H3. The van der Waals surface area contributed by atoms with Crippen LogP contribution in [0.5, 0.6) is 0 Å². The van der Waals surface area contributed by atoms with E-state index in [1.165, 1.54) is 4.88 Å². The van der Waals surface area contributed by atoms with Crippen LogP contribution in [0.4, 0.5) is 0 Å². The van der Waals surface area contributed by atoms with E-state index in [1.54, 1.807) is 11.3 Å². The van der Waals surface area contributed by atoms with E-state index in [-0.39, 0.29) is 11.6 Å². The normalized spacial score (nSPS) is 26.4. The Morgan fingerprint density at radius 2 is 2.35 bits per heavy atom. The second kappa shape index (κ2) is 5.02. The van der Waals surface area contributed by atoms with Gasteiger partial charge in [-0.1, -0.05) is 0 Å². The molecule has 17 heavy (non-hydrogen) atoms. The largest absolute Gasteiger partial charge is 0.374 e. The maximum atomic E-state index is 5.84. The highest BCUT2D eigenvalue weighted by Gasteiger charge is 2.38. The van der Waals surface area contributed by atoms with Gasteiger partial charge in [-0.2, -0.15) is 0 Å². The van der Waals surface area contributed by atoms with Gasteiger partial charge in [-0.05, 0) is 33.6 Å². The fourth-order valence-corrected chi connectivity index (χ4v) is 3.31. The zero-order chi connectivity index (χ0) is 12.5. The number of nitrogens with two attached hydrogens (primary N) is 1. The molecule has 0 aromatic carbocycles. The summed E-state index contributed by atoms with van der Waals surface area (Å²) in [7, 11) is 0. The molecular weight excluding hydrogens is 234 g/mol. The first-order valence-electron chi connectivity index (χ1n) is 6.08. The molecule has 0 bridgehead atoms. The minimum Gasteiger partial charge on any atom is -0.374 e. The minimum absolute atomic E-state index is 0.134. The molecule has 1 aromatic heterocycles. The Morgan fingerprint density at radius 3 is 2.82 bits per heavy atom. The average Bonchev–Trinajstić information content (AvgIpc) is 2.84. The second-order valence-electron chi connectivity index (χ2n) is 4.94. The molecule has 1 aliphatic rings. The predicted octanol–water partition coefficient (Wildman–Crippen LogP) is 1.70. The molecule has 1 aromatic rings. The third-order valence-corrected chi connectivity index (χ3v) is 4.73. The van der Waals surface area contributed by atoms with Gasteiger partial charge in [0, 0.05) is 17.9 Å². The van der Waals surface area contributed by atoms with Crippen molar-refractivity contribution in [1.29, 1.82) is 0 Å². The Bertz CT molecular complexity index is 366. The monoisotopic (exact) mass is 255 g/mol. The first-order valence-corrected chi connectivity index (χ1v) is 6.90. The lowest BCUT2D eigenvalue weighted by Gasteiger charge is -2.32. The molecule has 0 saturated carbocycles. The summed E-state index contributed by atoms with van der Waals surface area (Å²) < 4.78 is 5.84. The van der Waals surface area contributed by atoms with E-state index in [2.05, 4.69) is 24.3 Å². The zero-order valence-corrected chi connectivity index (χ0v) is 11.6. The molecular formula is C12H21N3OS. The van der Waals surface area contributed by atoms with Crippen molar-refractivity contribution < 1.29 is 4.74 Å². The second-order valence-corrected chi connectivity index (χ2v) is 6.23. The van der Waals surface area contributed by atoms with E-state index in [0.717, 1.165) is 36.6 Å². The van der Waals surface area contributed by atoms with Gasteiger partial charge in [-0.25, -0.2) is 4.98 Å². The van der Waals surface area contributed by atoms with Gasteiger partial charge in [-0.15, -0.1) is 11.3 Å². The van der Waals surface area contributed by atoms with Crippen LogP contribution in [0.1, 0.15) is 35.3 Å². The number of nitrogens with one attached hydrogen (secondary N) is 1. The third kappa shape index (κ3) is 2.68. The number of aromatic nitrogens is 1. The molecule has 5 heteroatoms. The molecule has 3 N–H and O–H groups in total. The summed E-state index contributed by atoms with van der Waals surface area (Å²) in [5.41, 5.74) is 3.88. The first kappa shape index (κ1) is 13.0. The Kier molecular flexibility index (Phi) is 3.82. The molecule has 0 amide bonds. The summed E-state index contributed by atoms with van der Waals surface area (Å²) in [6, 6.07) is 0.134. The minimum atomic E-state index is -0.151. The molecule has 2 heterocycles. The molecule has 1 aliphatic heterocycles. The fraction of sp³-hybridized carbons (Fsp3) is 0.750. The van der Waals surface area contributed by atoms with Gasteiger partial charge in [0.1, 0.15) is 0 Å². The van der Waals surface area contributed by atoms with Gasteiger partial charge < -0.3 is 4.74 Å². The van der Waals surface area contributed by atoms with Crippen LogP contribution in [0.25, 0.3) is 0 Å². The lowest BCUT2D eigenvalue weighted by atomic mass is 9.91. The summed E-state index contributed by atoms with van der Waals surface area (Å²) in [4.78, 5) is 5.85. The number of aryl methyl sites for hydroxylation is 2. The molecule has 96 valence electrons. The molecule has 2 atom stereocenters. The van der Waals surface area contributed by atoms with Gasteiger partial charge >= 0.3 is 0 Å². The van der Waals surface area contributed by atoms with E-state index in [4.69, 9.17) is 10.6 Å². The van der Waals surface area contributed by atoms with Gasteiger partial charge in [0.2, 0.25) is 0 Å². The maximum Gasteiger partial charge on any atom is 0.0948 e. The summed E-state index contributed by atoms with van der Waals surface area (Å²) in [5.74, 6) is 5.68. The third-order valence-electron chi connectivity index (χ3n) is 3.64. The highest BCUT2D eigenvalue weighted by Crippen LogP contribution is 2.31. The van der Waals surface area contributed by atoms with Gasteiger partial charge in [0.05, 0.1) is 22.3 Å². The van der Waals surface area contributed by atoms with Crippen molar-refractivity contribution in [1.82, 2.24) is 10.4 Å². The Hall–Kier alpha value is -0.490. The van der Waals surface area contributed by atoms with Crippen LogP contribution < -0.4 is 11.3 Å². The highest BCUT2D eigenvalue weighted by molar-refractivity contribution is 7.11. The average molecular weight is 255 g/mol. The van der Waals surface area contributed by atoms with E-state index in [1.807, 2.05) is 6.92 Å². The van der Waals surface area contributed by atoms with Crippen LogP contribution in [0.15, 0.2) is 0 Å². The van der Waals surface area contributed by atoms with Crippen molar-refractivity contribution in [2.24, 2.45) is 5.84 Å². The summed E-state index contributed by atoms with van der Waals surface area (Å²) in [5, 5.41) is 1.14. The number of hydrazine groups is 1. The van der Waals surface area contributed by atoms with Crippen LogP contribution >= 0.6 is 11.3 Å². The van der Waals surface area contributed by atoms with Crippen LogP contribution in [0, 0.1) is 13.8 Å². The topological polar surface area (TPSA) is 60.2 Å². The highest BCUT2D eigenvalue weighted by atomic mass is 32.1. The van der Waals surface area contributed by atoms with Crippen LogP contribution in [0.3, 0.4) is 0 Å². The SMILES string of the molecule is Cc1nc(CC(NN)C2(C)CCCO2)sc1C. The number of rotatable bonds is 4. The van der Waals surface area contributed by atoms with E-state index >= 15 is 0 Å².